The van der Waals surface area contributed by atoms with Crippen LogP contribution in [-0.2, 0) is 14.1 Å². The molecule has 2 aromatic rings. The lowest BCUT2D eigenvalue weighted by Crippen LogP contribution is -1.97. The molecule has 0 radical (unpaired) electrons. The number of hydrogen-bond acceptors (Lipinski definition) is 3. The molecule has 5 heteroatoms. The predicted octanol–water partition coefficient (Wildman–Crippen LogP) is 0.711. The number of rotatable bonds is 1. The summed E-state index contributed by atoms with van der Waals surface area (Å²) in [6.07, 6.45) is 3.49. The Morgan fingerprint density at radius 3 is 2.50 bits per heavy atom. The summed E-state index contributed by atoms with van der Waals surface area (Å²) in [6, 6.07) is 0. The number of anilines is 1. The predicted molar refractivity (Wildman–Crippen MR) is 54.6 cm³/mol. The highest BCUT2D eigenvalue weighted by Crippen LogP contribution is 2.25. The molecule has 0 aliphatic carbocycles. The van der Waals surface area contributed by atoms with E-state index in [1.165, 1.54) is 0 Å². The SMILES string of the molecule is Cc1c(-c2ncn(C)c2N)cnn1C. The van der Waals surface area contributed by atoms with Crippen molar-refractivity contribution in [3.05, 3.63) is 18.2 Å². The number of aryl methyl sites for hydroxylation is 2. The Balaban J connectivity index is 2.60. The number of nitrogen functional groups attached to an aromatic ring is 1. The second-order valence-electron chi connectivity index (χ2n) is 3.36. The molecule has 14 heavy (non-hydrogen) atoms. The van der Waals surface area contributed by atoms with Gasteiger partial charge in [0.05, 0.1) is 12.5 Å². The lowest BCUT2D eigenvalue weighted by molar-refractivity contribution is 0.740. The van der Waals surface area contributed by atoms with E-state index >= 15 is 0 Å². The minimum atomic E-state index is 0.668. The van der Waals surface area contributed by atoms with E-state index in [0.717, 1.165) is 17.0 Å². The zero-order valence-corrected chi connectivity index (χ0v) is 8.52. The molecule has 74 valence electrons. The molecule has 0 saturated carbocycles. The zero-order valence-electron chi connectivity index (χ0n) is 8.52. The van der Waals surface area contributed by atoms with E-state index in [1.807, 2.05) is 25.7 Å². The van der Waals surface area contributed by atoms with E-state index in [9.17, 15) is 0 Å². The van der Waals surface area contributed by atoms with Gasteiger partial charge in [-0.05, 0) is 6.92 Å². The third-order valence-corrected chi connectivity index (χ3v) is 2.47. The second kappa shape index (κ2) is 2.87. The molecule has 0 aromatic carbocycles. The first-order chi connectivity index (χ1) is 6.61. The molecule has 0 atom stereocenters. The van der Waals surface area contributed by atoms with Crippen molar-refractivity contribution in [2.24, 2.45) is 14.1 Å². The molecule has 2 rings (SSSR count). The highest BCUT2D eigenvalue weighted by Gasteiger charge is 2.12. The molecule has 0 amide bonds. The van der Waals surface area contributed by atoms with Gasteiger partial charge in [-0.2, -0.15) is 5.10 Å². The van der Waals surface area contributed by atoms with Gasteiger partial charge in [0, 0.05) is 25.4 Å². The van der Waals surface area contributed by atoms with E-state index in [2.05, 4.69) is 10.1 Å². The van der Waals surface area contributed by atoms with Crippen LogP contribution in [0.15, 0.2) is 12.5 Å². The van der Waals surface area contributed by atoms with Crippen LogP contribution in [0.1, 0.15) is 5.69 Å². The Hall–Kier alpha value is -1.78. The molecule has 2 N–H and O–H groups in total. The smallest absolute Gasteiger partial charge is 0.131 e. The molecule has 0 saturated heterocycles. The molecule has 0 aliphatic rings. The number of aromatic nitrogens is 4. The average Bonchev–Trinajstić information content (AvgIpc) is 2.63. The lowest BCUT2D eigenvalue weighted by atomic mass is 10.2. The van der Waals surface area contributed by atoms with Crippen LogP contribution in [-0.4, -0.2) is 19.3 Å². The van der Waals surface area contributed by atoms with E-state index in [0.29, 0.717) is 5.82 Å². The number of imidazole rings is 1. The summed E-state index contributed by atoms with van der Waals surface area (Å²) in [5.41, 5.74) is 8.74. The summed E-state index contributed by atoms with van der Waals surface area (Å²) >= 11 is 0. The summed E-state index contributed by atoms with van der Waals surface area (Å²) in [7, 11) is 3.77. The monoisotopic (exact) mass is 191 g/mol. The van der Waals surface area contributed by atoms with Crippen LogP contribution >= 0.6 is 0 Å². The maximum absolute atomic E-state index is 5.88. The highest BCUT2D eigenvalue weighted by atomic mass is 15.3. The second-order valence-corrected chi connectivity index (χ2v) is 3.36. The van der Waals surface area contributed by atoms with E-state index < -0.39 is 0 Å². The van der Waals surface area contributed by atoms with Gasteiger partial charge in [-0.1, -0.05) is 0 Å². The van der Waals surface area contributed by atoms with Gasteiger partial charge in [0.15, 0.2) is 0 Å². The molecule has 2 aromatic heterocycles. The molecule has 0 bridgehead atoms. The fraction of sp³-hybridized carbons (Fsp3) is 0.333. The van der Waals surface area contributed by atoms with Crippen LogP contribution in [0.5, 0.6) is 0 Å². The Kier molecular flexibility index (Phi) is 1.80. The Morgan fingerprint density at radius 1 is 1.36 bits per heavy atom. The minimum Gasteiger partial charge on any atom is -0.383 e. The first-order valence-corrected chi connectivity index (χ1v) is 4.37. The van der Waals surface area contributed by atoms with Crippen molar-refractivity contribution in [3.8, 4) is 11.3 Å². The van der Waals surface area contributed by atoms with Crippen molar-refractivity contribution in [2.45, 2.75) is 6.92 Å². The molecule has 5 nitrogen and oxygen atoms in total. The summed E-state index contributed by atoms with van der Waals surface area (Å²) < 4.78 is 3.60. The summed E-state index contributed by atoms with van der Waals surface area (Å²) in [4.78, 5) is 4.24. The Labute approximate surface area is 82.2 Å². The molecule has 0 aliphatic heterocycles. The van der Waals surface area contributed by atoms with Gasteiger partial charge in [-0.25, -0.2) is 4.98 Å². The van der Waals surface area contributed by atoms with Crippen LogP contribution in [0.25, 0.3) is 11.3 Å². The summed E-state index contributed by atoms with van der Waals surface area (Å²) in [6.45, 7) is 2.00. The number of nitrogens with two attached hydrogens (primary N) is 1. The lowest BCUT2D eigenvalue weighted by Gasteiger charge is -1.99. The zero-order chi connectivity index (χ0) is 10.3. The van der Waals surface area contributed by atoms with Gasteiger partial charge in [0.1, 0.15) is 11.5 Å². The first kappa shape index (κ1) is 8.80. The van der Waals surface area contributed by atoms with Crippen LogP contribution in [0, 0.1) is 6.92 Å². The van der Waals surface area contributed by atoms with Gasteiger partial charge in [0.25, 0.3) is 0 Å². The van der Waals surface area contributed by atoms with Crippen LogP contribution in [0.4, 0.5) is 5.82 Å². The normalized spacial score (nSPS) is 10.8. The minimum absolute atomic E-state index is 0.668. The van der Waals surface area contributed by atoms with Crippen LogP contribution in [0.2, 0.25) is 0 Å². The maximum Gasteiger partial charge on any atom is 0.131 e. The summed E-state index contributed by atoms with van der Waals surface area (Å²) in [5, 5.41) is 4.15. The topological polar surface area (TPSA) is 61.7 Å². The van der Waals surface area contributed by atoms with Crippen molar-refractivity contribution in [1.82, 2.24) is 19.3 Å². The Bertz CT molecular complexity index is 421. The van der Waals surface area contributed by atoms with Crippen LogP contribution in [0.3, 0.4) is 0 Å². The summed E-state index contributed by atoms with van der Waals surface area (Å²) in [5.74, 6) is 0.668. The van der Waals surface area contributed by atoms with E-state index in [-0.39, 0.29) is 0 Å². The molecule has 0 fully saturated rings. The van der Waals surface area contributed by atoms with E-state index in [1.54, 1.807) is 17.1 Å². The van der Waals surface area contributed by atoms with Crippen molar-refractivity contribution in [1.29, 1.82) is 0 Å². The third kappa shape index (κ3) is 1.09. The molecular formula is C9H13N5. The third-order valence-electron chi connectivity index (χ3n) is 2.47. The maximum atomic E-state index is 5.88. The highest BCUT2D eigenvalue weighted by molar-refractivity contribution is 5.71. The molecule has 0 spiro atoms. The molecule has 0 unspecified atom stereocenters. The van der Waals surface area contributed by atoms with Gasteiger partial charge in [0.2, 0.25) is 0 Å². The van der Waals surface area contributed by atoms with Crippen molar-refractivity contribution in [2.75, 3.05) is 5.73 Å². The number of nitrogens with zero attached hydrogens (tertiary/aromatic N) is 4. The fourth-order valence-electron chi connectivity index (χ4n) is 1.38. The van der Waals surface area contributed by atoms with Crippen molar-refractivity contribution in [3.63, 3.8) is 0 Å². The van der Waals surface area contributed by atoms with E-state index in [4.69, 9.17) is 5.73 Å². The van der Waals surface area contributed by atoms with Gasteiger partial charge < -0.3 is 10.3 Å². The van der Waals surface area contributed by atoms with Crippen molar-refractivity contribution < 1.29 is 0 Å². The molecule has 2 heterocycles. The average molecular weight is 191 g/mol. The van der Waals surface area contributed by atoms with Gasteiger partial charge >= 0.3 is 0 Å². The molecular weight excluding hydrogens is 178 g/mol. The fourth-order valence-corrected chi connectivity index (χ4v) is 1.38. The van der Waals surface area contributed by atoms with Crippen molar-refractivity contribution >= 4 is 5.82 Å². The largest absolute Gasteiger partial charge is 0.383 e. The van der Waals surface area contributed by atoms with Gasteiger partial charge in [-0.3, -0.25) is 4.68 Å². The first-order valence-electron chi connectivity index (χ1n) is 4.37. The Morgan fingerprint density at radius 2 is 2.07 bits per heavy atom. The quantitative estimate of drug-likeness (QED) is 0.722. The standard InChI is InChI=1S/C9H13N5/c1-6-7(4-12-14(6)3)8-9(10)13(2)5-11-8/h4-5H,10H2,1-3H3. The number of hydrogen-bond donors (Lipinski definition) is 1. The van der Waals surface area contributed by atoms with Gasteiger partial charge in [-0.15, -0.1) is 0 Å². The van der Waals surface area contributed by atoms with Crippen LogP contribution < -0.4 is 5.73 Å².